The number of carboxylic acid groups (broad SMARTS) is 1. The summed E-state index contributed by atoms with van der Waals surface area (Å²) in [5.74, 6) is -0.885. The third-order valence-electron chi connectivity index (χ3n) is 5.97. The van der Waals surface area contributed by atoms with Crippen molar-refractivity contribution in [3.8, 4) is 0 Å². The highest BCUT2D eigenvalue weighted by Crippen LogP contribution is 2.49. The molecule has 5 nitrogen and oxygen atoms in total. The van der Waals surface area contributed by atoms with Crippen LogP contribution in [0.2, 0.25) is 0 Å². The van der Waals surface area contributed by atoms with Crippen LogP contribution in [-0.2, 0) is 14.3 Å². The predicted octanol–water partition coefficient (Wildman–Crippen LogP) is 5.71. The van der Waals surface area contributed by atoms with Gasteiger partial charge < -0.3 is 10.4 Å². The number of hydrogen-bond acceptors (Lipinski definition) is 5. The minimum atomic E-state index is -1.06. The van der Waals surface area contributed by atoms with Gasteiger partial charge in [-0.2, -0.15) is 0 Å². The molecule has 2 atom stereocenters. The number of carbonyl (C=O) groups is 3. The normalized spacial score (nSPS) is 13.5. The van der Waals surface area contributed by atoms with Gasteiger partial charge in [0, 0.05) is 27.7 Å². The van der Waals surface area contributed by atoms with E-state index < -0.39 is 17.9 Å². The summed E-state index contributed by atoms with van der Waals surface area (Å²) in [6.07, 6.45) is 0. The molecule has 34 heavy (non-hydrogen) atoms. The number of carboxylic acids is 1. The van der Waals surface area contributed by atoms with Crippen molar-refractivity contribution >= 4 is 40.5 Å². The van der Waals surface area contributed by atoms with E-state index in [-0.39, 0.29) is 39.1 Å². The Labute approximate surface area is 211 Å². The third-order valence-corrected chi connectivity index (χ3v) is 9.29. The molecule has 2 aromatic carbocycles. The first-order valence-electron chi connectivity index (χ1n) is 11.5. The molecule has 0 radical (unpaired) electrons. The molecule has 0 aliphatic rings. The summed E-state index contributed by atoms with van der Waals surface area (Å²) in [7, 11) is 0. The maximum absolute atomic E-state index is 12.8. The summed E-state index contributed by atoms with van der Waals surface area (Å²) < 4.78 is -0.288. The van der Waals surface area contributed by atoms with Gasteiger partial charge in [0.15, 0.2) is 0 Å². The number of nitrogens with one attached hydrogen (secondary N) is 1. The third kappa shape index (κ3) is 7.12. The standard InChI is InChI=1S/C27H35NO4S2/c1-18(2)27(19(3)4,22-14-10-7-11-15-22)34-17-23(25(30)31)28-24(29)20(5)16-33-26(32)21-12-8-6-9-13-21/h6-15,18-20,23H,16-17H2,1-5H3,(H,28,29)(H,30,31)/t20-,23+/m1/s1. The molecule has 2 aromatic rings. The lowest BCUT2D eigenvalue weighted by Gasteiger charge is -2.42. The quantitative estimate of drug-likeness (QED) is 0.388. The molecule has 0 bridgehead atoms. The topological polar surface area (TPSA) is 83.5 Å². The fourth-order valence-corrected chi connectivity index (χ4v) is 6.59. The second-order valence-corrected chi connectivity index (χ2v) is 11.3. The number of carbonyl (C=O) groups excluding carboxylic acids is 2. The Hall–Kier alpha value is -2.25. The zero-order valence-electron chi connectivity index (χ0n) is 20.5. The van der Waals surface area contributed by atoms with E-state index in [2.05, 4.69) is 45.1 Å². The highest BCUT2D eigenvalue weighted by Gasteiger charge is 2.40. The highest BCUT2D eigenvalue weighted by molar-refractivity contribution is 8.14. The van der Waals surface area contributed by atoms with Gasteiger partial charge in [-0.15, -0.1) is 11.8 Å². The van der Waals surface area contributed by atoms with Crippen molar-refractivity contribution in [3.05, 3.63) is 71.8 Å². The number of hydrogen-bond donors (Lipinski definition) is 2. The maximum Gasteiger partial charge on any atom is 0.327 e. The van der Waals surface area contributed by atoms with Crippen LogP contribution in [0.3, 0.4) is 0 Å². The van der Waals surface area contributed by atoms with Gasteiger partial charge in [-0.05, 0) is 17.4 Å². The Morgan fingerprint density at radius 2 is 1.38 bits per heavy atom. The Balaban J connectivity index is 2.05. The number of aliphatic carboxylic acids is 1. The van der Waals surface area contributed by atoms with Gasteiger partial charge in [-0.3, -0.25) is 9.59 Å². The van der Waals surface area contributed by atoms with E-state index in [1.54, 1.807) is 43.0 Å². The molecule has 1 amide bonds. The van der Waals surface area contributed by atoms with Crippen LogP contribution in [0.4, 0.5) is 0 Å². The summed E-state index contributed by atoms with van der Waals surface area (Å²) in [6, 6.07) is 18.0. The fourth-order valence-electron chi connectivity index (χ4n) is 4.09. The fraction of sp³-hybridized carbons (Fsp3) is 0.444. The average molecular weight is 502 g/mol. The first-order chi connectivity index (χ1) is 16.1. The smallest absolute Gasteiger partial charge is 0.327 e. The van der Waals surface area contributed by atoms with Crippen molar-refractivity contribution in [2.45, 2.75) is 45.4 Å². The van der Waals surface area contributed by atoms with Gasteiger partial charge in [0.05, 0.1) is 0 Å². The van der Waals surface area contributed by atoms with Gasteiger partial charge in [0.25, 0.3) is 0 Å². The van der Waals surface area contributed by atoms with Crippen LogP contribution in [0.1, 0.15) is 50.5 Å². The van der Waals surface area contributed by atoms with Gasteiger partial charge in [-0.25, -0.2) is 4.79 Å². The minimum Gasteiger partial charge on any atom is -0.480 e. The molecule has 2 rings (SSSR count). The molecule has 0 saturated heterocycles. The lowest BCUT2D eigenvalue weighted by atomic mass is 9.79. The molecule has 2 N–H and O–H groups in total. The number of rotatable bonds is 12. The molecule has 184 valence electrons. The molecule has 0 aromatic heterocycles. The van der Waals surface area contributed by atoms with Crippen LogP contribution >= 0.6 is 23.5 Å². The average Bonchev–Trinajstić information content (AvgIpc) is 2.82. The van der Waals surface area contributed by atoms with E-state index in [9.17, 15) is 19.5 Å². The largest absolute Gasteiger partial charge is 0.480 e. The van der Waals surface area contributed by atoms with Crippen LogP contribution in [0.25, 0.3) is 0 Å². The molecular weight excluding hydrogens is 466 g/mol. The molecule has 0 spiro atoms. The second-order valence-electron chi connectivity index (χ2n) is 9.04. The Morgan fingerprint density at radius 3 is 1.88 bits per heavy atom. The number of amides is 1. The molecule has 0 aliphatic carbocycles. The van der Waals surface area contributed by atoms with E-state index in [1.807, 2.05) is 24.3 Å². The van der Waals surface area contributed by atoms with E-state index in [1.165, 1.54) is 0 Å². The van der Waals surface area contributed by atoms with Crippen molar-refractivity contribution in [2.75, 3.05) is 11.5 Å². The van der Waals surface area contributed by atoms with Gasteiger partial charge in [0.2, 0.25) is 11.0 Å². The summed E-state index contributed by atoms with van der Waals surface area (Å²) in [4.78, 5) is 37.1. The highest BCUT2D eigenvalue weighted by atomic mass is 32.2. The monoisotopic (exact) mass is 501 g/mol. The van der Waals surface area contributed by atoms with Crippen LogP contribution in [0.15, 0.2) is 60.7 Å². The van der Waals surface area contributed by atoms with E-state index in [0.717, 1.165) is 17.3 Å². The number of thioether (sulfide) groups is 2. The first-order valence-corrected chi connectivity index (χ1v) is 13.5. The summed E-state index contributed by atoms with van der Waals surface area (Å²) >= 11 is 2.66. The molecule has 0 aliphatic heterocycles. The van der Waals surface area contributed by atoms with E-state index in [0.29, 0.717) is 5.56 Å². The van der Waals surface area contributed by atoms with Gasteiger partial charge in [-0.1, -0.05) is 107 Å². The van der Waals surface area contributed by atoms with Gasteiger partial charge >= 0.3 is 5.97 Å². The van der Waals surface area contributed by atoms with Crippen molar-refractivity contribution in [1.29, 1.82) is 0 Å². The van der Waals surface area contributed by atoms with Crippen molar-refractivity contribution in [3.63, 3.8) is 0 Å². The zero-order valence-corrected chi connectivity index (χ0v) is 22.1. The molecular formula is C27H35NO4S2. The van der Waals surface area contributed by atoms with E-state index >= 15 is 0 Å². The maximum atomic E-state index is 12.8. The summed E-state index contributed by atoms with van der Waals surface area (Å²) in [5, 5.41) is 12.4. The minimum absolute atomic E-state index is 0.105. The lowest BCUT2D eigenvalue weighted by Crippen LogP contribution is -2.46. The summed E-state index contributed by atoms with van der Waals surface area (Å²) in [6.45, 7) is 10.3. The SMILES string of the molecule is CC(C)C(SC[C@H](NC(=O)[C@H](C)CSC(=O)c1ccccc1)C(=O)O)(c1ccccc1)C(C)C. The van der Waals surface area contributed by atoms with Crippen molar-refractivity contribution in [1.82, 2.24) is 5.32 Å². The van der Waals surface area contributed by atoms with Crippen molar-refractivity contribution < 1.29 is 19.5 Å². The van der Waals surface area contributed by atoms with E-state index in [4.69, 9.17) is 0 Å². The second kappa shape index (κ2) is 13.0. The number of benzene rings is 2. The van der Waals surface area contributed by atoms with Gasteiger partial charge in [0.1, 0.15) is 6.04 Å². The predicted molar refractivity (Wildman–Crippen MR) is 142 cm³/mol. The molecule has 0 saturated carbocycles. The molecule has 0 fully saturated rings. The van der Waals surface area contributed by atoms with Crippen LogP contribution in [0.5, 0.6) is 0 Å². The molecule has 7 heteroatoms. The Kier molecular flexibility index (Phi) is 10.7. The van der Waals surface area contributed by atoms with Crippen LogP contribution < -0.4 is 5.32 Å². The first kappa shape index (κ1) is 28.0. The van der Waals surface area contributed by atoms with Crippen molar-refractivity contribution in [2.24, 2.45) is 17.8 Å². The zero-order chi connectivity index (χ0) is 25.3. The summed E-state index contributed by atoms with van der Waals surface area (Å²) in [5.41, 5.74) is 1.74. The van der Waals surface area contributed by atoms with Crippen LogP contribution in [-0.4, -0.2) is 39.6 Å². The molecule has 0 heterocycles. The lowest BCUT2D eigenvalue weighted by molar-refractivity contribution is -0.141. The van der Waals surface area contributed by atoms with Crippen LogP contribution in [0, 0.1) is 17.8 Å². The molecule has 0 unspecified atom stereocenters. The Bertz CT molecular complexity index is 940. The Morgan fingerprint density at radius 1 is 0.853 bits per heavy atom.